The Balaban J connectivity index is 1.85. The Hall–Kier alpha value is -2.48. The molecule has 0 aromatic heterocycles. The number of hydrogen-bond donors (Lipinski definition) is 1. The van der Waals surface area contributed by atoms with E-state index in [0.29, 0.717) is 12.0 Å². The van der Waals surface area contributed by atoms with Crippen molar-refractivity contribution in [1.82, 2.24) is 5.32 Å². The van der Waals surface area contributed by atoms with Crippen molar-refractivity contribution in [2.75, 3.05) is 6.61 Å². The average molecular weight is 420 g/mol. The van der Waals surface area contributed by atoms with Crippen LogP contribution in [0.1, 0.15) is 24.5 Å². The van der Waals surface area contributed by atoms with Crippen LogP contribution in [0, 0.1) is 5.82 Å². The monoisotopic (exact) mass is 419 g/mol. The van der Waals surface area contributed by atoms with Crippen LogP contribution in [0.3, 0.4) is 0 Å². The maximum absolute atomic E-state index is 13.0. The molecule has 0 bridgehead atoms. The summed E-state index contributed by atoms with van der Waals surface area (Å²) in [6, 6.07) is 8.22. The van der Waals surface area contributed by atoms with E-state index in [4.69, 9.17) is 21.1 Å². The summed E-state index contributed by atoms with van der Waals surface area (Å²) in [5.41, 5.74) is -0.318. The van der Waals surface area contributed by atoms with Gasteiger partial charge in [0.1, 0.15) is 24.3 Å². The highest BCUT2D eigenvalue weighted by Crippen LogP contribution is 2.31. The zero-order valence-electron chi connectivity index (χ0n) is 14.9. The molecule has 1 atom stereocenters. The standard InChI is InChI=1S/C19H18ClF4NO3/c1-2-15(11-27-16-5-3-4-13(8-16)19(22,23)24)28-18(26)25-10-12-6-7-14(21)9-17(12)20/h3-9,15H,2,10-11H2,1H3,(H,25,26). The summed E-state index contributed by atoms with van der Waals surface area (Å²) in [6.07, 6.45) is -5.50. The predicted octanol–water partition coefficient (Wildman–Crippen LogP) is 5.58. The van der Waals surface area contributed by atoms with E-state index >= 15 is 0 Å². The second kappa shape index (κ2) is 9.64. The molecule has 0 spiro atoms. The lowest BCUT2D eigenvalue weighted by Gasteiger charge is -2.18. The summed E-state index contributed by atoms with van der Waals surface area (Å²) in [7, 11) is 0. The Kier molecular flexibility index (Phi) is 7.51. The number of hydrogen-bond acceptors (Lipinski definition) is 3. The largest absolute Gasteiger partial charge is 0.490 e. The van der Waals surface area contributed by atoms with Crippen LogP contribution in [0.5, 0.6) is 5.75 Å². The van der Waals surface area contributed by atoms with Crippen molar-refractivity contribution in [2.24, 2.45) is 0 Å². The number of amides is 1. The topological polar surface area (TPSA) is 47.6 Å². The lowest BCUT2D eigenvalue weighted by molar-refractivity contribution is -0.137. The fraction of sp³-hybridized carbons (Fsp3) is 0.316. The first kappa shape index (κ1) is 21.8. The molecule has 0 radical (unpaired) electrons. The first-order valence-electron chi connectivity index (χ1n) is 8.37. The Morgan fingerprint density at radius 2 is 1.96 bits per heavy atom. The number of alkyl halides is 3. The van der Waals surface area contributed by atoms with Gasteiger partial charge < -0.3 is 14.8 Å². The molecule has 0 aliphatic heterocycles. The lowest BCUT2D eigenvalue weighted by atomic mass is 10.2. The van der Waals surface area contributed by atoms with E-state index in [2.05, 4.69) is 5.32 Å². The maximum Gasteiger partial charge on any atom is 0.416 e. The molecule has 2 rings (SSSR count). The van der Waals surface area contributed by atoms with Gasteiger partial charge in [-0.3, -0.25) is 0 Å². The number of benzene rings is 2. The highest BCUT2D eigenvalue weighted by molar-refractivity contribution is 6.31. The van der Waals surface area contributed by atoms with Gasteiger partial charge in [-0.05, 0) is 42.3 Å². The van der Waals surface area contributed by atoms with Crippen LogP contribution >= 0.6 is 11.6 Å². The van der Waals surface area contributed by atoms with E-state index in [9.17, 15) is 22.4 Å². The van der Waals surface area contributed by atoms with E-state index in [-0.39, 0.29) is 23.9 Å². The van der Waals surface area contributed by atoms with Gasteiger partial charge in [0.15, 0.2) is 0 Å². The summed E-state index contributed by atoms with van der Waals surface area (Å²) >= 11 is 5.88. The molecule has 1 unspecified atom stereocenters. The molecular formula is C19H18ClF4NO3. The molecule has 0 saturated carbocycles. The van der Waals surface area contributed by atoms with Gasteiger partial charge in [0, 0.05) is 11.6 Å². The van der Waals surface area contributed by atoms with Crippen molar-refractivity contribution in [3.05, 3.63) is 64.4 Å². The van der Waals surface area contributed by atoms with E-state index in [1.165, 1.54) is 24.3 Å². The Labute approximate surface area is 164 Å². The van der Waals surface area contributed by atoms with Gasteiger partial charge in [0.2, 0.25) is 0 Å². The van der Waals surface area contributed by atoms with Gasteiger partial charge in [-0.2, -0.15) is 13.2 Å². The highest BCUT2D eigenvalue weighted by atomic mass is 35.5. The molecular weight excluding hydrogens is 402 g/mol. The minimum absolute atomic E-state index is 0.0235. The normalized spacial score (nSPS) is 12.4. The van der Waals surface area contributed by atoms with Crippen LogP contribution in [0.15, 0.2) is 42.5 Å². The molecule has 0 heterocycles. The third-order valence-electron chi connectivity index (χ3n) is 3.76. The van der Waals surface area contributed by atoms with Crippen LogP contribution in [0.2, 0.25) is 5.02 Å². The lowest BCUT2D eigenvalue weighted by Crippen LogP contribution is -2.31. The van der Waals surface area contributed by atoms with Gasteiger partial charge in [-0.15, -0.1) is 0 Å². The molecule has 0 saturated heterocycles. The number of nitrogens with one attached hydrogen (secondary N) is 1. The number of rotatable bonds is 7. The van der Waals surface area contributed by atoms with Gasteiger partial charge in [-0.1, -0.05) is 30.7 Å². The fourth-order valence-corrected chi connectivity index (χ4v) is 2.45. The number of halogens is 5. The van der Waals surface area contributed by atoms with Gasteiger partial charge >= 0.3 is 12.3 Å². The molecule has 0 fully saturated rings. The Morgan fingerprint density at radius 1 is 1.21 bits per heavy atom. The molecule has 0 aliphatic carbocycles. The van der Waals surface area contributed by atoms with Crippen molar-refractivity contribution >= 4 is 17.7 Å². The third-order valence-corrected chi connectivity index (χ3v) is 4.12. The van der Waals surface area contributed by atoms with E-state index in [1.807, 2.05) is 0 Å². The molecule has 0 aliphatic rings. The molecule has 1 amide bonds. The second-order valence-corrected chi connectivity index (χ2v) is 6.27. The fourth-order valence-electron chi connectivity index (χ4n) is 2.21. The van der Waals surface area contributed by atoms with Gasteiger partial charge in [0.25, 0.3) is 0 Å². The minimum Gasteiger partial charge on any atom is -0.490 e. The Morgan fingerprint density at radius 3 is 2.61 bits per heavy atom. The third kappa shape index (κ3) is 6.60. The molecule has 2 aromatic rings. The van der Waals surface area contributed by atoms with Crippen molar-refractivity contribution in [3.63, 3.8) is 0 Å². The summed E-state index contributed by atoms with van der Waals surface area (Å²) in [5, 5.41) is 2.65. The summed E-state index contributed by atoms with van der Waals surface area (Å²) in [4.78, 5) is 11.9. The van der Waals surface area contributed by atoms with Crippen molar-refractivity contribution in [1.29, 1.82) is 0 Å². The SMILES string of the molecule is CCC(COc1cccc(C(F)(F)F)c1)OC(=O)NCc1ccc(F)cc1Cl. The zero-order chi connectivity index (χ0) is 20.7. The number of carbonyl (C=O) groups is 1. The van der Waals surface area contributed by atoms with Crippen LogP contribution in [-0.4, -0.2) is 18.8 Å². The van der Waals surface area contributed by atoms with Gasteiger partial charge in [-0.25, -0.2) is 9.18 Å². The van der Waals surface area contributed by atoms with E-state index < -0.39 is 29.8 Å². The van der Waals surface area contributed by atoms with E-state index in [1.54, 1.807) is 6.92 Å². The quantitative estimate of drug-likeness (QED) is 0.596. The molecule has 9 heteroatoms. The molecule has 1 N–H and O–H groups in total. The van der Waals surface area contributed by atoms with Crippen LogP contribution in [0.25, 0.3) is 0 Å². The van der Waals surface area contributed by atoms with Crippen molar-refractivity contribution in [3.8, 4) is 5.75 Å². The smallest absolute Gasteiger partial charge is 0.416 e. The van der Waals surface area contributed by atoms with E-state index in [0.717, 1.165) is 18.2 Å². The predicted molar refractivity (Wildman–Crippen MR) is 95.7 cm³/mol. The molecule has 4 nitrogen and oxygen atoms in total. The number of carbonyl (C=O) groups excluding carboxylic acids is 1. The molecule has 152 valence electrons. The first-order valence-corrected chi connectivity index (χ1v) is 8.75. The Bertz CT molecular complexity index is 814. The highest BCUT2D eigenvalue weighted by Gasteiger charge is 2.30. The summed E-state index contributed by atoms with van der Waals surface area (Å²) in [5.74, 6) is -0.468. The molecule has 28 heavy (non-hydrogen) atoms. The maximum atomic E-state index is 13.0. The number of ether oxygens (including phenoxy) is 2. The zero-order valence-corrected chi connectivity index (χ0v) is 15.6. The first-order chi connectivity index (χ1) is 13.2. The van der Waals surface area contributed by atoms with Crippen LogP contribution < -0.4 is 10.1 Å². The van der Waals surface area contributed by atoms with Crippen LogP contribution in [0.4, 0.5) is 22.4 Å². The van der Waals surface area contributed by atoms with Gasteiger partial charge in [0.05, 0.1) is 5.56 Å². The van der Waals surface area contributed by atoms with Crippen LogP contribution in [-0.2, 0) is 17.5 Å². The van der Waals surface area contributed by atoms with Crippen molar-refractivity contribution in [2.45, 2.75) is 32.2 Å². The molecule has 2 aromatic carbocycles. The second-order valence-electron chi connectivity index (χ2n) is 5.86. The summed E-state index contributed by atoms with van der Waals surface area (Å²) in [6.45, 7) is 1.66. The number of alkyl carbamates (subject to hydrolysis) is 1. The van der Waals surface area contributed by atoms with Crippen molar-refractivity contribution < 1.29 is 31.8 Å². The summed E-state index contributed by atoms with van der Waals surface area (Å²) < 4.78 is 61.7. The minimum atomic E-state index is -4.47. The average Bonchev–Trinajstić information content (AvgIpc) is 2.64.